The largest absolute Gasteiger partial charge is 0.383 e. The van der Waals surface area contributed by atoms with Gasteiger partial charge in [0, 0.05) is 34.5 Å². The summed E-state index contributed by atoms with van der Waals surface area (Å²) < 4.78 is 19.5. The molecule has 0 radical (unpaired) electrons. The highest BCUT2D eigenvalue weighted by molar-refractivity contribution is 9.10. The molecule has 2 nitrogen and oxygen atoms in total. The van der Waals surface area contributed by atoms with Gasteiger partial charge in [-0.1, -0.05) is 33.8 Å². The van der Waals surface area contributed by atoms with Crippen LogP contribution in [0.4, 0.5) is 4.39 Å². The van der Waals surface area contributed by atoms with Crippen molar-refractivity contribution in [1.29, 1.82) is 0 Å². The Hall–Kier alpha value is -0.880. The average Bonchev–Trinajstić information content (AvgIpc) is 2.46. The molecule has 0 spiro atoms. The third kappa shape index (κ3) is 5.43. The second-order valence-electron chi connectivity index (χ2n) is 4.48. The second kappa shape index (κ2) is 8.54. The molecule has 0 fully saturated rings. The smallest absolute Gasteiger partial charge is 0.123 e. The molecule has 2 rings (SSSR count). The van der Waals surface area contributed by atoms with E-state index in [1.165, 1.54) is 6.07 Å². The number of nitrogens with one attached hydrogen (secondary N) is 1. The molecule has 0 saturated carbocycles. The predicted octanol–water partition coefficient (Wildman–Crippen LogP) is 4.48. The van der Waals surface area contributed by atoms with E-state index in [1.807, 2.05) is 24.3 Å². The third-order valence-corrected chi connectivity index (χ3v) is 4.45. The van der Waals surface area contributed by atoms with Crippen LogP contribution >= 0.6 is 27.7 Å². The summed E-state index contributed by atoms with van der Waals surface area (Å²) in [6.07, 6.45) is 0. The lowest BCUT2D eigenvalue weighted by atomic mass is 10.2. The number of halogens is 2. The summed E-state index contributed by atoms with van der Waals surface area (Å²) >= 11 is 5.10. The van der Waals surface area contributed by atoms with Gasteiger partial charge < -0.3 is 10.1 Å². The Balaban J connectivity index is 2.10. The van der Waals surface area contributed by atoms with Gasteiger partial charge in [0.15, 0.2) is 0 Å². The number of methoxy groups -OCH3 is 1. The summed E-state index contributed by atoms with van der Waals surface area (Å²) in [5.41, 5.74) is 0.955. The number of hydrogen-bond donors (Lipinski definition) is 1. The van der Waals surface area contributed by atoms with Gasteiger partial charge in [-0.2, -0.15) is 0 Å². The molecule has 0 bridgehead atoms. The van der Waals surface area contributed by atoms with E-state index in [4.69, 9.17) is 4.74 Å². The second-order valence-corrected chi connectivity index (χ2v) is 6.51. The van der Waals surface area contributed by atoms with E-state index in [0.29, 0.717) is 13.2 Å². The molecule has 1 N–H and O–H groups in total. The minimum atomic E-state index is -0.211. The van der Waals surface area contributed by atoms with E-state index in [0.717, 1.165) is 26.4 Å². The molecule has 21 heavy (non-hydrogen) atoms. The Morgan fingerprint density at radius 2 is 2.10 bits per heavy atom. The maximum atomic E-state index is 13.5. The van der Waals surface area contributed by atoms with Crippen molar-refractivity contribution in [3.8, 4) is 0 Å². The molecule has 0 aliphatic rings. The normalized spacial score (nSPS) is 10.8. The van der Waals surface area contributed by atoms with E-state index < -0.39 is 0 Å². The van der Waals surface area contributed by atoms with Crippen LogP contribution in [0.2, 0.25) is 0 Å². The monoisotopic (exact) mass is 369 g/mol. The molecule has 0 aliphatic heterocycles. The van der Waals surface area contributed by atoms with Crippen LogP contribution in [0.5, 0.6) is 0 Å². The molecule has 0 unspecified atom stereocenters. The van der Waals surface area contributed by atoms with Gasteiger partial charge in [0.05, 0.1) is 6.61 Å². The summed E-state index contributed by atoms with van der Waals surface area (Å²) in [4.78, 5) is 2.17. The summed E-state index contributed by atoms with van der Waals surface area (Å²) in [5, 5.41) is 3.25. The van der Waals surface area contributed by atoms with E-state index >= 15 is 0 Å². The van der Waals surface area contributed by atoms with Crippen LogP contribution in [-0.2, 0) is 11.3 Å². The van der Waals surface area contributed by atoms with Crippen LogP contribution in [0.3, 0.4) is 0 Å². The first-order chi connectivity index (χ1) is 10.2. The maximum Gasteiger partial charge on any atom is 0.123 e. The lowest BCUT2D eigenvalue weighted by molar-refractivity contribution is 0.199. The van der Waals surface area contributed by atoms with Gasteiger partial charge >= 0.3 is 0 Å². The minimum absolute atomic E-state index is 0.211. The molecule has 2 aromatic rings. The standard InChI is InChI=1S/C16H17BrFNOS/c1-20-8-7-19-11-12-9-14(18)5-6-16(12)21-15-4-2-3-13(17)10-15/h2-6,9-10,19H,7-8,11H2,1H3. The molecular formula is C16H17BrFNOS. The SMILES string of the molecule is COCCNCc1cc(F)ccc1Sc1cccc(Br)c1. The van der Waals surface area contributed by atoms with E-state index in [9.17, 15) is 4.39 Å². The van der Waals surface area contributed by atoms with Crippen LogP contribution in [0.25, 0.3) is 0 Å². The molecule has 5 heteroatoms. The van der Waals surface area contributed by atoms with Crippen molar-refractivity contribution >= 4 is 27.7 Å². The third-order valence-electron chi connectivity index (χ3n) is 2.84. The van der Waals surface area contributed by atoms with Crippen molar-refractivity contribution in [1.82, 2.24) is 5.32 Å². The van der Waals surface area contributed by atoms with Crippen molar-refractivity contribution < 1.29 is 9.13 Å². The Kier molecular flexibility index (Phi) is 6.70. The molecule has 0 atom stereocenters. The van der Waals surface area contributed by atoms with Crippen LogP contribution in [0.15, 0.2) is 56.7 Å². The first-order valence-corrected chi connectivity index (χ1v) is 8.21. The van der Waals surface area contributed by atoms with Gasteiger partial charge in [-0.25, -0.2) is 4.39 Å². The summed E-state index contributed by atoms with van der Waals surface area (Å²) in [6.45, 7) is 2.01. The maximum absolute atomic E-state index is 13.5. The molecule has 2 aromatic carbocycles. The van der Waals surface area contributed by atoms with Crippen LogP contribution in [0.1, 0.15) is 5.56 Å². The van der Waals surface area contributed by atoms with E-state index in [1.54, 1.807) is 24.9 Å². The zero-order chi connectivity index (χ0) is 15.1. The molecule has 0 amide bonds. The first kappa shape index (κ1) is 16.5. The van der Waals surface area contributed by atoms with Gasteiger partial charge in [-0.05, 0) is 42.0 Å². The van der Waals surface area contributed by atoms with Crippen LogP contribution in [-0.4, -0.2) is 20.3 Å². The molecule has 0 heterocycles. The predicted molar refractivity (Wildman–Crippen MR) is 88.2 cm³/mol. The first-order valence-electron chi connectivity index (χ1n) is 6.60. The van der Waals surface area contributed by atoms with Gasteiger partial charge in [-0.3, -0.25) is 0 Å². The summed E-state index contributed by atoms with van der Waals surface area (Å²) in [6, 6.07) is 13.0. The molecular weight excluding hydrogens is 353 g/mol. The molecule has 0 saturated heterocycles. The van der Waals surface area contributed by atoms with Crippen molar-refractivity contribution in [3.05, 3.63) is 58.3 Å². The Morgan fingerprint density at radius 1 is 1.24 bits per heavy atom. The quantitative estimate of drug-likeness (QED) is 0.727. The van der Waals surface area contributed by atoms with Gasteiger partial charge in [-0.15, -0.1) is 0 Å². The van der Waals surface area contributed by atoms with E-state index in [2.05, 4.69) is 27.3 Å². The van der Waals surface area contributed by atoms with Crippen molar-refractivity contribution in [2.24, 2.45) is 0 Å². The van der Waals surface area contributed by atoms with Crippen LogP contribution < -0.4 is 5.32 Å². The minimum Gasteiger partial charge on any atom is -0.383 e. The summed E-state index contributed by atoms with van der Waals surface area (Å²) in [5.74, 6) is -0.211. The number of rotatable bonds is 7. The van der Waals surface area contributed by atoms with Gasteiger partial charge in [0.25, 0.3) is 0 Å². The fourth-order valence-electron chi connectivity index (χ4n) is 1.84. The zero-order valence-electron chi connectivity index (χ0n) is 11.7. The highest BCUT2D eigenvalue weighted by Crippen LogP contribution is 2.32. The zero-order valence-corrected chi connectivity index (χ0v) is 14.1. The lowest BCUT2D eigenvalue weighted by Gasteiger charge is -2.11. The molecule has 112 valence electrons. The Morgan fingerprint density at radius 3 is 2.86 bits per heavy atom. The summed E-state index contributed by atoms with van der Waals surface area (Å²) in [7, 11) is 1.67. The lowest BCUT2D eigenvalue weighted by Crippen LogP contribution is -2.19. The average molecular weight is 370 g/mol. The van der Waals surface area contributed by atoms with Crippen LogP contribution in [0, 0.1) is 5.82 Å². The van der Waals surface area contributed by atoms with Gasteiger partial charge in [0.2, 0.25) is 0 Å². The molecule has 0 aliphatic carbocycles. The highest BCUT2D eigenvalue weighted by Gasteiger charge is 2.06. The van der Waals surface area contributed by atoms with Crippen molar-refractivity contribution in [2.45, 2.75) is 16.3 Å². The fraction of sp³-hybridized carbons (Fsp3) is 0.250. The fourth-order valence-corrected chi connectivity index (χ4v) is 3.38. The Bertz CT molecular complexity index is 594. The number of benzene rings is 2. The Labute approximate surface area is 137 Å². The topological polar surface area (TPSA) is 21.3 Å². The number of ether oxygens (including phenoxy) is 1. The van der Waals surface area contributed by atoms with Crippen molar-refractivity contribution in [2.75, 3.05) is 20.3 Å². The van der Waals surface area contributed by atoms with Gasteiger partial charge in [0.1, 0.15) is 5.82 Å². The van der Waals surface area contributed by atoms with E-state index in [-0.39, 0.29) is 5.82 Å². The van der Waals surface area contributed by atoms with Crippen molar-refractivity contribution in [3.63, 3.8) is 0 Å². The highest BCUT2D eigenvalue weighted by atomic mass is 79.9. The molecule has 0 aromatic heterocycles. The number of hydrogen-bond acceptors (Lipinski definition) is 3.